The van der Waals surface area contributed by atoms with Crippen LogP contribution in [-0.2, 0) is 91.7 Å². The van der Waals surface area contributed by atoms with Crippen LogP contribution in [0, 0.1) is 5.41 Å². The van der Waals surface area contributed by atoms with Crippen molar-refractivity contribution in [3.05, 3.63) is 329 Å². The second-order valence-corrected chi connectivity index (χ2v) is 53.9. The van der Waals surface area contributed by atoms with Crippen LogP contribution in [0.4, 0.5) is 17.1 Å². The van der Waals surface area contributed by atoms with Gasteiger partial charge in [0, 0.05) is 199 Å². The molecule has 11 aromatic rings. The zero-order valence-corrected chi connectivity index (χ0v) is 97.7. The van der Waals surface area contributed by atoms with Crippen molar-refractivity contribution < 1.29 is 66.4 Å². The Morgan fingerprint density at radius 2 is 0.925 bits per heavy atom. The average Bonchev–Trinajstić information content (AvgIpc) is 1.64. The van der Waals surface area contributed by atoms with Gasteiger partial charge in [-0.05, 0) is 293 Å². The van der Waals surface area contributed by atoms with E-state index >= 15 is 0 Å². The summed E-state index contributed by atoms with van der Waals surface area (Å²) in [5.41, 5.74) is 9.21. The Morgan fingerprint density at radius 1 is 0.500 bits per heavy atom. The monoisotopic (exact) mass is 2370 g/mol. The highest BCUT2D eigenvalue weighted by Crippen LogP contribution is 2.45. The number of aromatic nitrogens is 3. The number of aliphatic imine (C=N–C) groups is 1. The molecule has 8 aromatic carbocycles. The zero-order valence-electron chi connectivity index (χ0n) is 84.4. The van der Waals surface area contributed by atoms with E-state index in [0.717, 1.165) is 38.8 Å². The highest BCUT2D eigenvalue weighted by atomic mass is 79.9. The standard InChI is InChI=1S/C30H33Cl2NO5S.C23H21Cl2N3O3S.C19H32BNO4S.C18H18BrCl2NO3S.C15H12BrCl2NO3S/c1-7-39(37,38)17-20-13-23(24(14-26(20)32)29(36)19-8-10-21(31)11-9-19)25-16-33(6)28(35)15-22(25)18(2)12-27(34)30(3,4)5;1-4-32(30,31)27-21-10-17-18(9-20(21)25)23(14-5-7-15(24)8-6-14)26-13(2)16-11-22(29)28(3)12-19(16)17;1-13(12-26(23)17(2,3)4)14-10-16(22)21(9)11-15(14)20-24-18(5,6)19(7,8)25-20;1-3-9-22(26(24,25)4-2)17-11-15(19)14(10-16(17)21)18(23)12-5-7-13(20)8-6-12;1-2-23(21,22)19-14-8-12(16)11(7-13(14)18)15(20)9-3-5-10(17)6-4-9/h8-11,13-16,18H,7,12,17H2,1-6H3;5-13,27H,4H2,1-3H3;10-11,13H,12H2,1-9H3;5-8,10-11H,3-4,9H2,1-2H3;3-8,19H,2H2,1H3/t18-;13-;13-,26-;;/m101../s1. The van der Waals surface area contributed by atoms with Crippen LogP contribution in [0.3, 0.4) is 0 Å². The molecule has 782 valence electrons. The molecule has 2 aliphatic heterocycles. The highest BCUT2D eigenvalue weighted by molar-refractivity contribution is 9.10. The number of fused-ring (bicyclic) bond motifs is 3. The number of Topliss-reactive ketones (excluding diaryl/α,β-unsaturated/α-hetero) is 1. The van der Waals surface area contributed by atoms with Gasteiger partial charge in [0.25, 0.3) is 11.1 Å². The molecule has 25 nitrogen and oxygen atoms in total. The summed E-state index contributed by atoms with van der Waals surface area (Å²) in [6, 6.07) is 43.5. The van der Waals surface area contributed by atoms with Gasteiger partial charge in [0.15, 0.2) is 27.2 Å². The van der Waals surface area contributed by atoms with Crippen molar-refractivity contribution in [3.63, 3.8) is 0 Å². The third-order valence-electron chi connectivity index (χ3n) is 24.5. The Labute approximate surface area is 914 Å². The molecule has 4 atom stereocenters. The topological polar surface area (TPSA) is 346 Å². The summed E-state index contributed by atoms with van der Waals surface area (Å²) < 4.78 is 134. The van der Waals surface area contributed by atoms with E-state index in [9.17, 15) is 71.4 Å². The van der Waals surface area contributed by atoms with Gasteiger partial charge in [-0.3, -0.25) is 56.5 Å². The number of carbonyl (C=O) groups excluding carboxylic acids is 4. The molecule has 1 fully saturated rings. The predicted octanol–water partition coefficient (Wildman–Crippen LogP) is 24.3. The molecule has 1 saturated heterocycles. The molecule has 0 radical (unpaired) electrons. The Balaban J connectivity index is 0.000000206. The number of halogens is 10. The Morgan fingerprint density at radius 3 is 1.38 bits per heavy atom. The number of hydrogen-bond acceptors (Lipinski definition) is 19. The van der Waals surface area contributed by atoms with Crippen molar-refractivity contribution in [1.82, 2.24) is 13.7 Å². The largest absolute Gasteiger partial charge is 0.496 e. The maximum absolute atomic E-state index is 13.8. The third-order valence-corrected chi connectivity index (χ3v) is 36.2. The number of pyridine rings is 3. The lowest BCUT2D eigenvalue weighted by Gasteiger charge is -2.32. The fraction of sp³-hybridized carbons (Fsp3) is 0.352. The van der Waals surface area contributed by atoms with Gasteiger partial charge in [0.2, 0.25) is 35.6 Å². The van der Waals surface area contributed by atoms with Crippen LogP contribution < -0.4 is 35.9 Å². The van der Waals surface area contributed by atoms with Crippen molar-refractivity contribution in [2.24, 2.45) is 31.6 Å². The molecule has 0 amide bonds. The number of rotatable bonds is 29. The average molecular weight is 2380 g/mol. The number of carbonyl (C=O) groups is 4. The van der Waals surface area contributed by atoms with Crippen molar-refractivity contribution >= 4 is 234 Å². The highest BCUT2D eigenvalue weighted by Gasteiger charge is 2.53. The molecule has 13 rings (SSSR count). The van der Waals surface area contributed by atoms with E-state index < -0.39 is 74.4 Å². The van der Waals surface area contributed by atoms with Crippen LogP contribution in [0.15, 0.2) is 211 Å². The van der Waals surface area contributed by atoms with E-state index in [-0.39, 0.29) is 135 Å². The van der Waals surface area contributed by atoms with E-state index in [1.807, 2.05) is 109 Å². The second kappa shape index (κ2) is 49.8. The molecule has 2 N–H and O–H groups in total. The number of anilines is 3. The molecule has 0 spiro atoms. The summed E-state index contributed by atoms with van der Waals surface area (Å²) in [5.74, 6) is -1.26. The number of hydrogen-bond donors (Lipinski definition) is 2. The van der Waals surface area contributed by atoms with Crippen LogP contribution in [0.1, 0.15) is 236 Å². The third kappa shape index (κ3) is 30.7. The lowest BCUT2D eigenvalue weighted by atomic mass is 9.74. The van der Waals surface area contributed by atoms with Gasteiger partial charge in [-0.2, -0.15) is 0 Å². The van der Waals surface area contributed by atoms with Crippen molar-refractivity contribution in [1.29, 1.82) is 0 Å². The lowest BCUT2D eigenvalue weighted by Crippen LogP contribution is -2.41. The van der Waals surface area contributed by atoms with Crippen molar-refractivity contribution in [2.45, 2.75) is 177 Å². The smallest absolute Gasteiger partial charge is 0.399 e. The molecule has 2 aliphatic rings. The fourth-order valence-electron chi connectivity index (χ4n) is 14.9. The first-order chi connectivity index (χ1) is 67.7. The van der Waals surface area contributed by atoms with E-state index in [1.165, 1.54) is 55.3 Å². The van der Waals surface area contributed by atoms with Gasteiger partial charge in [-0.25, -0.2) is 33.7 Å². The van der Waals surface area contributed by atoms with Gasteiger partial charge in [-0.1, -0.05) is 153 Å². The van der Waals surface area contributed by atoms with Gasteiger partial charge in [0.05, 0.1) is 78.1 Å². The molecular weight excluding hydrogens is 2260 g/mol. The first kappa shape index (κ1) is 121. The first-order valence-electron chi connectivity index (χ1n) is 46.2. The summed E-state index contributed by atoms with van der Waals surface area (Å²) in [7, 11) is -10.5. The van der Waals surface area contributed by atoms with Crippen LogP contribution in [-0.4, -0.2) is 139 Å². The van der Waals surface area contributed by atoms with Crippen molar-refractivity contribution in [3.8, 4) is 22.3 Å². The molecule has 146 heavy (non-hydrogen) atoms. The van der Waals surface area contributed by atoms with Crippen molar-refractivity contribution in [2.75, 3.05) is 49.1 Å². The van der Waals surface area contributed by atoms with Crippen LogP contribution in [0.2, 0.25) is 40.2 Å². The Kier molecular flexibility index (Phi) is 41.3. The molecule has 3 aromatic heterocycles. The van der Waals surface area contributed by atoms with Crippen LogP contribution in [0.25, 0.3) is 22.3 Å². The molecule has 41 heteroatoms. The Hall–Kier alpha value is -8.43. The zero-order chi connectivity index (χ0) is 109. The van der Waals surface area contributed by atoms with E-state index in [4.69, 9.17) is 107 Å². The maximum atomic E-state index is 13.8. The van der Waals surface area contributed by atoms with Gasteiger partial charge >= 0.3 is 7.12 Å². The van der Waals surface area contributed by atoms with E-state index in [0.29, 0.717) is 109 Å². The number of sulfonamides is 3. The summed E-state index contributed by atoms with van der Waals surface area (Å²) in [4.78, 5) is 94.2. The maximum Gasteiger partial charge on any atom is 0.496 e. The number of nitrogens with one attached hydrogen (secondary N) is 2. The minimum atomic E-state index is -3.54. The van der Waals surface area contributed by atoms with Crippen LogP contribution in [0.5, 0.6) is 0 Å². The van der Waals surface area contributed by atoms with E-state index in [1.54, 1.807) is 182 Å². The van der Waals surface area contributed by atoms with Gasteiger partial charge in [0.1, 0.15) is 5.78 Å². The molecule has 5 heterocycles. The lowest BCUT2D eigenvalue weighted by molar-refractivity contribution is -0.126. The molecule has 0 aliphatic carbocycles. The number of sulfone groups is 1. The van der Waals surface area contributed by atoms with Crippen LogP contribution >= 0.6 is 125 Å². The first-order valence-corrected chi connectivity index (χ1v) is 58.9. The summed E-state index contributed by atoms with van der Waals surface area (Å²) in [5, 5.41) is 2.89. The second-order valence-electron chi connectivity index (χ2n) is 38.0. The summed E-state index contributed by atoms with van der Waals surface area (Å²) >= 11 is 55.9. The molecule has 0 bridgehead atoms. The quantitative estimate of drug-likeness (QED) is 0.0325. The normalized spacial score (nSPS) is 14.5. The summed E-state index contributed by atoms with van der Waals surface area (Å²) in [6.07, 6.45) is 5.98. The SMILES string of the molecule is CCCN(c1cc(Br)c(C(=O)c2ccc(Cl)cc2)cc1Cl)S(=O)(=O)CC.CCS(=O)(=O)Cc1cc(-c2cn(C)c(=O)cc2[C@H](C)CC(=O)C(C)(C)C)c(C(=O)c2ccc(Cl)cc2)cc1Cl.CCS(=O)(=O)Nc1cc(Br)c(C(=O)c2ccc(Cl)cc2)cc1Cl.CCS(=O)(=O)Nc1cc2c(cc1Cl)C(c1ccc(Cl)cc1)=N[C@@H](C)c1cc(=O)n(C)cc1-2.C[C@H](C[S@@](=O)C(C)(C)C)c1cc(=O)n(C)cc1B1OC(C)(C)C(C)(C)O1. The number of benzene rings is 8. The number of aryl methyl sites for hydroxylation is 3. The molecule has 0 saturated carbocycles. The molecular formula is C105H116BBr2Cl8N7O18S5. The summed E-state index contributed by atoms with van der Waals surface area (Å²) in [6.45, 7) is 33.7. The fourth-order valence-corrected chi connectivity index (χ4v) is 22.2. The number of ketones is 4. The minimum absolute atomic E-state index is 0.0323. The van der Waals surface area contributed by atoms with Gasteiger partial charge in [-0.15, -0.1) is 0 Å². The molecule has 0 unspecified atom stereocenters. The van der Waals surface area contributed by atoms with Gasteiger partial charge < -0.3 is 23.0 Å². The minimum Gasteiger partial charge on any atom is -0.399 e. The predicted molar refractivity (Wildman–Crippen MR) is 605 cm³/mol. The Bertz CT molecular complexity index is 7540. The number of nitrogens with zero attached hydrogens (tertiary/aromatic N) is 5. The van der Waals surface area contributed by atoms with E-state index in [2.05, 4.69) is 41.3 Å².